The van der Waals surface area contributed by atoms with Gasteiger partial charge < -0.3 is 14.0 Å². The summed E-state index contributed by atoms with van der Waals surface area (Å²) in [5.41, 5.74) is -0.291. The third-order valence-corrected chi connectivity index (χ3v) is 2.60. The molecule has 0 saturated heterocycles. The zero-order chi connectivity index (χ0) is 14.1. The van der Waals surface area contributed by atoms with E-state index in [2.05, 4.69) is 6.92 Å². The maximum atomic E-state index is 11.5. The first-order valence-electron chi connectivity index (χ1n) is 6.23. The van der Waals surface area contributed by atoms with Gasteiger partial charge in [-0.05, 0) is 12.5 Å². The van der Waals surface area contributed by atoms with E-state index in [0.29, 0.717) is 18.2 Å². The van der Waals surface area contributed by atoms with Crippen LogP contribution in [0.3, 0.4) is 0 Å². The lowest BCUT2D eigenvalue weighted by Gasteiger charge is -2.07. The van der Waals surface area contributed by atoms with Gasteiger partial charge in [0.25, 0.3) is 5.56 Å². The number of esters is 1. The third-order valence-electron chi connectivity index (χ3n) is 2.38. The van der Waals surface area contributed by atoms with Gasteiger partial charge in [0.2, 0.25) is 0 Å². The molecule has 0 unspecified atom stereocenters. The molecule has 1 rings (SSSR count). The number of carbonyl (C=O) groups excluding carboxylic acids is 1. The molecule has 1 heterocycles. The molecule has 0 bridgehead atoms. The number of nitrogens with zero attached hydrogens (tertiary/aromatic N) is 1. The van der Waals surface area contributed by atoms with Gasteiger partial charge in [0, 0.05) is 18.9 Å². The minimum Gasteiger partial charge on any atom is -0.462 e. The summed E-state index contributed by atoms with van der Waals surface area (Å²) in [4.78, 5) is 22.9. The molecule has 0 atom stereocenters. The summed E-state index contributed by atoms with van der Waals surface area (Å²) in [5.74, 6) is -0.483. The maximum Gasteiger partial charge on any atom is 0.326 e. The lowest BCUT2D eigenvalue weighted by atomic mass is 10.4. The van der Waals surface area contributed by atoms with Crippen LogP contribution in [0.2, 0.25) is 5.02 Å². The normalized spacial score (nSPS) is 10.4. The fourth-order valence-corrected chi connectivity index (χ4v) is 1.55. The number of ether oxygens (including phenoxy) is 2. The van der Waals surface area contributed by atoms with Crippen molar-refractivity contribution in [2.45, 2.75) is 26.3 Å². The molecule has 5 nitrogen and oxygen atoms in total. The second-order valence-electron chi connectivity index (χ2n) is 4.00. The van der Waals surface area contributed by atoms with Crippen LogP contribution >= 0.6 is 11.6 Å². The Bertz CT molecular complexity index is 458. The predicted molar refractivity (Wildman–Crippen MR) is 72.4 cm³/mol. The first-order chi connectivity index (χ1) is 9.13. The van der Waals surface area contributed by atoms with E-state index in [1.54, 1.807) is 0 Å². The van der Waals surface area contributed by atoms with Crippen LogP contribution in [0.1, 0.15) is 19.8 Å². The summed E-state index contributed by atoms with van der Waals surface area (Å²) in [6.45, 7) is 3.16. The summed E-state index contributed by atoms with van der Waals surface area (Å²) >= 11 is 5.74. The topological polar surface area (TPSA) is 57.5 Å². The lowest BCUT2D eigenvalue weighted by Crippen LogP contribution is -2.24. The molecule has 0 amide bonds. The first kappa shape index (κ1) is 15.7. The fraction of sp³-hybridized carbons (Fsp3) is 0.538. The predicted octanol–water partition coefficient (Wildman–Crippen LogP) is 1.86. The van der Waals surface area contributed by atoms with Crippen molar-refractivity contribution in [3.05, 3.63) is 33.7 Å². The Labute approximate surface area is 117 Å². The molecule has 0 fully saturated rings. The second-order valence-corrected chi connectivity index (χ2v) is 4.44. The highest BCUT2D eigenvalue weighted by atomic mass is 35.5. The minimum absolute atomic E-state index is 0.144. The summed E-state index contributed by atoms with van der Waals surface area (Å²) in [7, 11) is 0. The average Bonchev–Trinajstić information content (AvgIpc) is 2.38. The average molecular weight is 288 g/mol. The van der Waals surface area contributed by atoms with Crippen LogP contribution in [0.4, 0.5) is 0 Å². The largest absolute Gasteiger partial charge is 0.462 e. The molecule has 19 heavy (non-hydrogen) atoms. The van der Waals surface area contributed by atoms with Gasteiger partial charge in [-0.3, -0.25) is 9.59 Å². The number of halogens is 1. The SMILES string of the molecule is CCCCOCCOC(=O)Cn1cc(Cl)ccc1=O. The van der Waals surface area contributed by atoms with Crippen LogP contribution in [0.15, 0.2) is 23.1 Å². The maximum absolute atomic E-state index is 11.5. The summed E-state index contributed by atoms with van der Waals surface area (Å²) in [5, 5.41) is 0.398. The zero-order valence-electron chi connectivity index (χ0n) is 10.9. The van der Waals surface area contributed by atoms with Crippen molar-refractivity contribution in [2.24, 2.45) is 0 Å². The van der Waals surface area contributed by atoms with Crippen molar-refractivity contribution in [1.29, 1.82) is 0 Å². The van der Waals surface area contributed by atoms with Gasteiger partial charge in [-0.15, -0.1) is 0 Å². The molecule has 0 aliphatic rings. The Kier molecular flexibility index (Phi) is 7.22. The molecule has 0 radical (unpaired) electrons. The standard InChI is InChI=1S/C13H18ClNO4/c1-2-3-6-18-7-8-19-13(17)10-15-9-11(14)4-5-12(15)16/h4-5,9H,2-3,6-8,10H2,1H3. The van der Waals surface area contributed by atoms with Gasteiger partial charge in [0.05, 0.1) is 11.6 Å². The van der Waals surface area contributed by atoms with Gasteiger partial charge in [0.1, 0.15) is 13.2 Å². The monoisotopic (exact) mass is 287 g/mol. The van der Waals surface area contributed by atoms with Gasteiger partial charge in [-0.2, -0.15) is 0 Å². The van der Waals surface area contributed by atoms with Crippen molar-refractivity contribution < 1.29 is 14.3 Å². The first-order valence-corrected chi connectivity index (χ1v) is 6.60. The Morgan fingerprint density at radius 1 is 1.32 bits per heavy atom. The second kappa shape index (κ2) is 8.72. The fourth-order valence-electron chi connectivity index (χ4n) is 1.37. The van der Waals surface area contributed by atoms with E-state index in [-0.39, 0.29) is 18.7 Å². The number of carbonyl (C=O) groups is 1. The Balaban J connectivity index is 2.27. The molecule has 0 aliphatic heterocycles. The molecule has 1 aromatic heterocycles. The highest BCUT2D eigenvalue weighted by Crippen LogP contribution is 2.03. The van der Waals surface area contributed by atoms with Crippen LogP contribution in [0.5, 0.6) is 0 Å². The number of pyridine rings is 1. The van der Waals surface area contributed by atoms with Crippen molar-refractivity contribution in [3.8, 4) is 0 Å². The van der Waals surface area contributed by atoms with Crippen LogP contribution < -0.4 is 5.56 Å². The number of rotatable bonds is 8. The summed E-state index contributed by atoms with van der Waals surface area (Å²) < 4.78 is 11.4. The summed E-state index contributed by atoms with van der Waals surface area (Å²) in [6.07, 6.45) is 3.46. The molecule has 0 aliphatic carbocycles. The molecule has 6 heteroatoms. The minimum atomic E-state index is -0.483. The molecule has 1 aromatic rings. The van der Waals surface area contributed by atoms with Gasteiger partial charge in [0.15, 0.2) is 0 Å². The highest BCUT2D eigenvalue weighted by molar-refractivity contribution is 6.30. The molecular weight excluding hydrogens is 270 g/mol. The van der Waals surface area contributed by atoms with Crippen LogP contribution in [-0.4, -0.2) is 30.4 Å². The molecule has 0 N–H and O–H groups in total. The molecule has 0 spiro atoms. The van der Waals surface area contributed by atoms with E-state index < -0.39 is 5.97 Å². The van der Waals surface area contributed by atoms with Crippen molar-refractivity contribution in [3.63, 3.8) is 0 Å². The smallest absolute Gasteiger partial charge is 0.326 e. The van der Waals surface area contributed by atoms with Gasteiger partial charge >= 0.3 is 5.97 Å². The lowest BCUT2D eigenvalue weighted by molar-refractivity contribution is -0.146. The van der Waals surface area contributed by atoms with E-state index in [1.807, 2.05) is 0 Å². The van der Waals surface area contributed by atoms with E-state index >= 15 is 0 Å². The third kappa shape index (κ3) is 6.40. The van der Waals surface area contributed by atoms with Gasteiger partial charge in [-0.25, -0.2) is 0 Å². The van der Waals surface area contributed by atoms with Crippen molar-refractivity contribution in [1.82, 2.24) is 4.57 Å². The molecule has 0 saturated carbocycles. The quantitative estimate of drug-likeness (QED) is 0.541. The number of aromatic nitrogens is 1. The van der Waals surface area contributed by atoms with E-state index in [1.165, 1.54) is 22.9 Å². The van der Waals surface area contributed by atoms with E-state index in [4.69, 9.17) is 21.1 Å². The van der Waals surface area contributed by atoms with Crippen LogP contribution in [-0.2, 0) is 20.8 Å². The van der Waals surface area contributed by atoms with E-state index in [9.17, 15) is 9.59 Å². The molecular formula is C13H18ClNO4. The summed E-state index contributed by atoms with van der Waals surface area (Å²) in [6, 6.07) is 2.79. The highest BCUT2D eigenvalue weighted by Gasteiger charge is 2.06. The molecule has 106 valence electrons. The Morgan fingerprint density at radius 2 is 2.11 bits per heavy atom. The Hall–Kier alpha value is -1.33. The number of hydrogen-bond acceptors (Lipinski definition) is 4. The van der Waals surface area contributed by atoms with Gasteiger partial charge in [-0.1, -0.05) is 24.9 Å². The number of unbranched alkanes of at least 4 members (excludes halogenated alkanes) is 1. The van der Waals surface area contributed by atoms with Crippen molar-refractivity contribution >= 4 is 17.6 Å². The van der Waals surface area contributed by atoms with Crippen LogP contribution in [0, 0.1) is 0 Å². The van der Waals surface area contributed by atoms with Crippen molar-refractivity contribution in [2.75, 3.05) is 19.8 Å². The zero-order valence-corrected chi connectivity index (χ0v) is 11.7. The number of hydrogen-bond donors (Lipinski definition) is 0. The van der Waals surface area contributed by atoms with Crippen LogP contribution in [0.25, 0.3) is 0 Å². The van der Waals surface area contributed by atoms with E-state index in [0.717, 1.165) is 12.8 Å². The molecule has 0 aromatic carbocycles. The Morgan fingerprint density at radius 3 is 2.84 bits per heavy atom.